The van der Waals surface area contributed by atoms with Gasteiger partial charge in [-0.15, -0.1) is 0 Å². The average molecular weight is 392 g/mol. The number of hydrogen-bond donors (Lipinski definition) is 0. The van der Waals surface area contributed by atoms with Gasteiger partial charge < -0.3 is 9.64 Å². The molecule has 29 heavy (non-hydrogen) atoms. The zero-order chi connectivity index (χ0) is 20.6. The Balaban J connectivity index is 1.84. The van der Waals surface area contributed by atoms with E-state index in [2.05, 4.69) is 6.92 Å². The van der Waals surface area contributed by atoms with Crippen molar-refractivity contribution in [3.63, 3.8) is 0 Å². The van der Waals surface area contributed by atoms with Gasteiger partial charge in [0.15, 0.2) is 0 Å². The van der Waals surface area contributed by atoms with Crippen LogP contribution in [0.2, 0.25) is 0 Å². The van der Waals surface area contributed by atoms with E-state index in [0.29, 0.717) is 37.4 Å². The van der Waals surface area contributed by atoms with Crippen molar-refractivity contribution >= 4 is 23.1 Å². The van der Waals surface area contributed by atoms with Crippen molar-refractivity contribution in [2.24, 2.45) is 0 Å². The van der Waals surface area contributed by atoms with Gasteiger partial charge in [0.25, 0.3) is 11.8 Å². The first-order valence-corrected chi connectivity index (χ1v) is 10.2. The number of hydrogen-bond acceptors (Lipinski definition) is 4. The van der Waals surface area contributed by atoms with E-state index >= 15 is 0 Å². The maximum Gasteiger partial charge on any atom is 0.278 e. The van der Waals surface area contributed by atoms with Crippen LogP contribution in [0.25, 0.3) is 5.57 Å². The molecule has 0 spiro atoms. The van der Waals surface area contributed by atoms with Gasteiger partial charge in [-0.05, 0) is 30.5 Å². The van der Waals surface area contributed by atoms with E-state index in [1.165, 1.54) is 4.90 Å². The molecule has 0 unspecified atom stereocenters. The summed E-state index contributed by atoms with van der Waals surface area (Å²) in [5.41, 5.74) is 2.49. The number of unbranched alkanes of at least 4 members (excludes halogenated alkanes) is 1. The summed E-state index contributed by atoms with van der Waals surface area (Å²) in [7, 11) is 1.83. The van der Waals surface area contributed by atoms with Crippen molar-refractivity contribution in [3.8, 4) is 0 Å². The van der Waals surface area contributed by atoms with Crippen LogP contribution in [-0.2, 0) is 14.3 Å². The van der Waals surface area contributed by atoms with Crippen LogP contribution in [0, 0.1) is 0 Å². The number of para-hydroxylation sites is 1. The number of imide groups is 1. The van der Waals surface area contributed by atoms with Crippen LogP contribution in [0.5, 0.6) is 0 Å². The lowest BCUT2D eigenvalue weighted by molar-refractivity contribution is -0.137. The second-order valence-corrected chi connectivity index (χ2v) is 7.07. The number of carbonyl (C=O) groups is 2. The summed E-state index contributed by atoms with van der Waals surface area (Å²) in [5, 5.41) is 0. The molecule has 1 heterocycles. The third-order valence-electron chi connectivity index (χ3n) is 5.00. The molecule has 1 aliphatic rings. The van der Waals surface area contributed by atoms with Crippen LogP contribution in [0.15, 0.2) is 66.4 Å². The number of nitrogens with zero attached hydrogens (tertiary/aromatic N) is 2. The van der Waals surface area contributed by atoms with Gasteiger partial charge in [0.1, 0.15) is 5.70 Å². The second kappa shape index (κ2) is 10.0. The van der Waals surface area contributed by atoms with E-state index in [0.717, 1.165) is 24.1 Å². The lowest BCUT2D eigenvalue weighted by atomic mass is 10.0. The molecule has 2 aromatic rings. The molecule has 0 aromatic heterocycles. The minimum atomic E-state index is -0.256. The molecular weight excluding hydrogens is 364 g/mol. The first-order chi connectivity index (χ1) is 14.1. The van der Waals surface area contributed by atoms with Gasteiger partial charge in [-0.25, -0.2) is 0 Å². The van der Waals surface area contributed by atoms with Crippen molar-refractivity contribution in [2.75, 3.05) is 31.7 Å². The summed E-state index contributed by atoms with van der Waals surface area (Å²) in [6.45, 7) is 3.73. The van der Waals surface area contributed by atoms with Gasteiger partial charge in [-0.1, -0.05) is 61.9 Å². The van der Waals surface area contributed by atoms with Crippen LogP contribution in [0.3, 0.4) is 0 Å². The fourth-order valence-electron chi connectivity index (χ4n) is 3.40. The third kappa shape index (κ3) is 4.74. The Morgan fingerprint density at radius 1 is 0.862 bits per heavy atom. The number of benzene rings is 2. The summed E-state index contributed by atoms with van der Waals surface area (Å²) >= 11 is 0. The predicted octanol–water partition coefficient (Wildman–Crippen LogP) is 4.11. The van der Waals surface area contributed by atoms with Gasteiger partial charge in [-0.3, -0.25) is 14.5 Å². The number of likely N-dealkylation sites (N-methyl/N-ethyl adjacent to an activating group) is 1. The Morgan fingerprint density at radius 2 is 1.48 bits per heavy atom. The molecule has 0 aliphatic carbocycles. The third-order valence-corrected chi connectivity index (χ3v) is 5.00. The van der Waals surface area contributed by atoms with Crippen LogP contribution in [-0.4, -0.2) is 43.5 Å². The number of amides is 2. The Labute approximate surface area is 172 Å². The zero-order valence-corrected chi connectivity index (χ0v) is 17.1. The Morgan fingerprint density at radius 3 is 2.14 bits per heavy atom. The highest BCUT2D eigenvalue weighted by Gasteiger charge is 2.40. The van der Waals surface area contributed by atoms with Gasteiger partial charge in [0, 0.05) is 32.5 Å². The van der Waals surface area contributed by atoms with Crippen molar-refractivity contribution in [1.29, 1.82) is 0 Å². The maximum atomic E-state index is 13.2. The van der Waals surface area contributed by atoms with Crippen LogP contribution in [0.4, 0.5) is 5.69 Å². The molecule has 1 aliphatic heterocycles. The van der Waals surface area contributed by atoms with Crippen LogP contribution < -0.4 is 4.90 Å². The lowest BCUT2D eigenvalue weighted by Crippen LogP contribution is -2.35. The predicted molar refractivity (Wildman–Crippen MR) is 115 cm³/mol. The molecule has 5 heteroatoms. The van der Waals surface area contributed by atoms with E-state index in [1.54, 1.807) is 4.90 Å². The van der Waals surface area contributed by atoms with E-state index < -0.39 is 0 Å². The normalized spacial score (nSPS) is 14.1. The first kappa shape index (κ1) is 20.8. The Kier molecular flexibility index (Phi) is 7.19. The molecule has 3 rings (SSSR count). The zero-order valence-electron chi connectivity index (χ0n) is 17.1. The molecule has 0 fully saturated rings. The molecule has 2 amide bonds. The first-order valence-electron chi connectivity index (χ1n) is 10.2. The Hall–Kier alpha value is -2.92. The molecule has 0 N–H and O–H groups in total. The molecule has 0 atom stereocenters. The minimum absolute atomic E-state index is 0.243. The highest BCUT2D eigenvalue weighted by Crippen LogP contribution is 2.33. The number of carbonyl (C=O) groups excluding carboxylic acids is 2. The van der Waals surface area contributed by atoms with E-state index in [4.69, 9.17) is 4.74 Å². The lowest BCUT2D eigenvalue weighted by Gasteiger charge is -2.21. The van der Waals surface area contributed by atoms with Crippen molar-refractivity contribution in [2.45, 2.75) is 26.2 Å². The minimum Gasteiger partial charge on any atom is -0.381 e. The monoisotopic (exact) mass is 392 g/mol. The van der Waals surface area contributed by atoms with E-state index in [1.807, 2.05) is 67.7 Å². The van der Waals surface area contributed by atoms with Crippen LogP contribution in [0.1, 0.15) is 31.7 Å². The van der Waals surface area contributed by atoms with Gasteiger partial charge in [-0.2, -0.15) is 0 Å². The fraction of sp³-hybridized carbons (Fsp3) is 0.333. The SMILES string of the molecule is CCCCOCCCN1C(=O)C(c2ccccc2)=C(N(C)c2ccccc2)C1=O. The molecule has 0 saturated carbocycles. The van der Waals surface area contributed by atoms with E-state index in [-0.39, 0.29) is 11.8 Å². The molecule has 2 aromatic carbocycles. The molecular formula is C24H28N2O3. The molecule has 0 radical (unpaired) electrons. The molecule has 0 bridgehead atoms. The number of rotatable bonds is 10. The van der Waals surface area contributed by atoms with Gasteiger partial charge in [0.05, 0.1) is 5.57 Å². The van der Waals surface area contributed by atoms with Crippen molar-refractivity contribution in [1.82, 2.24) is 4.90 Å². The maximum absolute atomic E-state index is 13.2. The second-order valence-electron chi connectivity index (χ2n) is 7.07. The number of anilines is 1. The summed E-state index contributed by atoms with van der Waals surface area (Å²) in [6, 6.07) is 19.0. The highest BCUT2D eigenvalue weighted by atomic mass is 16.5. The summed E-state index contributed by atoms with van der Waals surface area (Å²) in [5.74, 6) is -0.499. The number of ether oxygens (including phenoxy) is 1. The van der Waals surface area contributed by atoms with E-state index in [9.17, 15) is 9.59 Å². The van der Waals surface area contributed by atoms with Crippen molar-refractivity contribution < 1.29 is 14.3 Å². The largest absolute Gasteiger partial charge is 0.381 e. The standard InChI is InChI=1S/C24H28N2O3/c1-3-4-17-29-18-11-16-26-23(27)21(19-12-7-5-8-13-19)22(24(26)28)25(2)20-14-9-6-10-15-20/h5-10,12-15H,3-4,11,16-18H2,1-2H3. The van der Waals surface area contributed by atoms with Crippen molar-refractivity contribution in [3.05, 3.63) is 71.9 Å². The molecule has 152 valence electrons. The average Bonchev–Trinajstić information content (AvgIpc) is 3.01. The summed E-state index contributed by atoms with van der Waals surface area (Å²) in [6.07, 6.45) is 2.74. The molecule has 0 saturated heterocycles. The van der Waals surface area contributed by atoms with Gasteiger partial charge in [0.2, 0.25) is 0 Å². The quantitative estimate of drug-likeness (QED) is 0.451. The van der Waals surface area contributed by atoms with Crippen LogP contribution >= 0.6 is 0 Å². The molecule has 5 nitrogen and oxygen atoms in total. The topological polar surface area (TPSA) is 49.9 Å². The summed E-state index contributed by atoms with van der Waals surface area (Å²) in [4.78, 5) is 29.6. The summed E-state index contributed by atoms with van der Waals surface area (Å²) < 4.78 is 5.59. The Bertz CT molecular complexity index is 862. The smallest absolute Gasteiger partial charge is 0.278 e. The fourth-order valence-corrected chi connectivity index (χ4v) is 3.40. The highest BCUT2D eigenvalue weighted by molar-refractivity contribution is 6.36. The van der Waals surface area contributed by atoms with Gasteiger partial charge >= 0.3 is 0 Å².